The van der Waals surface area contributed by atoms with Crippen molar-refractivity contribution in [3.63, 3.8) is 0 Å². The van der Waals surface area contributed by atoms with Crippen molar-refractivity contribution in [2.24, 2.45) is 11.8 Å². The first-order valence-electron chi connectivity index (χ1n) is 6.60. The molecule has 1 fully saturated rings. The van der Waals surface area contributed by atoms with Crippen molar-refractivity contribution >= 4 is 0 Å². The van der Waals surface area contributed by atoms with Crippen molar-refractivity contribution in [2.75, 3.05) is 7.05 Å². The second kappa shape index (κ2) is 5.12. The maximum absolute atomic E-state index is 4.21. The third-order valence-corrected chi connectivity index (χ3v) is 4.32. The van der Waals surface area contributed by atoms with Crippen molar-refractivity contribution in [3.05, 3.63) is 5.82 Å². The van der Waals surface area contributed by atoms with Gasteiger partial charge in [0.15, 0.2) is 5.82 Å². The lowest BCUT2D eigenvalue weighted by Crippen LogP contribution is -2.30. The molecule has 1 aliphatic rings. The number of aromatic nitrogens is 4. The highest BCUT2D eigenvalue weighted by Gasteiger charge is 2.31. The Morgan fingerprint density at radius 3 is 2.82 bits per heavy atom. The predicted molar refractivity (Wildman–Crippen MR) is 66.5 cm³/mol. The number of hydrogen-bond donors (Lipinski definition) is 1. The molecular formula is C12H23N5. The highest BCUT2D eigenvalue weighted by molar-refractivity contribution is 4.94. The van der Waals surface area contributed by atoms with Gasteiger partial charge in [-0.3, -0.25) is 0 Å². The summed E-state index contributed by atoms with van der Waals surface area (Å²) < 4.78 is 2.04. The zero-order chi connectivity index (χ0) is 12.4. The number of nitrogens with one attached hydrogen (secondary N) is 1. The molecule has 5 heteroatoms. The molecule has 1 heterocycles. The molecule has 1 aromatic heterocycles. The topological polar surface area (TPSA) is 55.6 Å². The Morgan fingerprint density at radius 2 is 2.12 bits per heavy atom. The summed E-state index contributed by atoms with van der Waals surface area (Å²) >= 11 is 0. The maximum Gasteiger partial charge on any atom is 0.168 e. The van der Waals surface area contributed by atoms with Crippen LogP contribution in [0.2, 0.25) is 0 Å². The quantitative estimate of drug-likeness (QED) is 0.873. The van der Waals surface area contributed by atoms with E-state index in [0.717, 1.165) is 11.7 Å². The van der Waals surface area contributed by atoms with E-state index in [0.29, 0.717) is 12.0 Å². The highest BCUT2D eigenvalue weighted by atomic mass is 15.6. The van der Waals surface area contributed by atoms with E-state index in [-0.39, 0.29) is 6.04 Å². The van der Waals surface area contributed by atoms with Crippen LogP contribution in [0.25, 0.3) is 0 Å². The van der Waals surface area contributed by atoms with Crippen LogP contribution in [0.3, 0.4) is 0 Å². The van der Waals surface area contributed by atoms with Crippen LogP contribution in [0.5, 0.6) is 0 Å². The van der Waals surface area contributed by atoms with E-state index < -0.39 is 0 Å². The van der Waals surface area contributed by atoms with Crippen LogP contribution in [0.4, 0.5) is 0 Å². The normalized spacial score (nSPS) is 31.4. The first-order chi connectivity index (χ1) is 8.15. The van der Waals surface area contributed by atoms with E-state index in [9.17, 15) is 0 Å². The number of rotatable bonds is 3. The van der Waals surface area contributed by atoms with Crippen LogP contribution in [0, 0.1) is 11.8 Å². The molecule has 0 spiro atoms. The largest absolute Gasteiger partial charge is 0.311 e. The van der Waals surface area contributed by atoms with E-state index in [2.05, 4.69) is 41.6 Å². The Hall–Kier alpha value is -0.970. The Balaban J connectivity index is 2.24. The zero-order valence-electron chi connectivity index (χ0n) is 11.2. The lowest BCUT2D eigenvalue weighted by molar-refractivity contribution is 0.167. The fourth-order valence-electron chi connectivity index (χ4n) is 2.75. The van der Waals surface area contributed by atoms with Gasteiger partial charge in [0, 0.05) is 0 Å². The van der Waals surface area contributed by atoms with Gasteiger partial charge in [-0.2, -0.15) is 0 Å². The lowest BCUT2D eigenvalue weighted by Gasteiger charge is -2.34. The molecule has 4 atom stereocenters. The van der Waals surface area contributed by atoms with Crippen molar-refractivity contribution in [1.29, 1.82) is 0 Å². The molecule has 0 aromatic carbocycles. The van der Waals surface area contributed by atoms with Crippen LogP contribution < -0.4 is 5.32 Å². The van der Waals surface area contributed by atoms with E-state index >= 15 is 0 Å². The molecule has 1 N–H and O–H groups in total. The van der Waals surface area contributed by atoms with E-state index in [1.807, 2.05) is 11.7 Å². The average Bonchev–Trinajstić information content (AvgIpc) is 2.80. The summed E-state index contributed by atoms with van der Waals surface area (Å²) in [5, 5.41) is 15.4. The minimum Gasteiger partial charge on any atom is -0.311 e. The smallest absolute Gasteiger partial charge is 0.168 e. The second-order valence-electron chi connectivity index (χ2n) is 5.33. The van der Waals surface area contributed by atoms with Gasteiger partial charge in [0.1, 0.15) is 0 Å². The molecule has 0 radical (unpaired) electrons. The number of tetrazole rings is 1. The standard InChI is InChI=1S/C12H23N5/c1-8-6-5-7-11(9(8)2)17-12(10(3)13-4)14-15-16-17/h8-11,13H,5-7H2,1-4H3. The minimum absolute atomic E-state index is 0.203. The fraction of sp³-hybridized carbons (Fsp3) is 0.917. The van der Waals surface area contributed by atoms with Gasteiger partial charge in [0.25, 0.3) is 0 Å². The van der Waals surface area contributed by atoms with Crippen LogP contribution in [0.1, 0.15) is 57.9 Å². The molecule has 5 nitrogen and oxygen atoms in total. The summed E-state index contributed by atoms with van der Waals surface area (Å²) in [4.78, 5) is 0. The molecule has 0 aliphatic heterocycles. The summed E-state index contributed by atoms with van der Waals surface area (Å²) in [6.07, 6.45) is 3.81. The van der Waals surface area contributed by atoms with Crippen LogP contribution in [0.15, 0.2) is 0 Å². The van der Waals surface area contributed by atoms with Crippen molar-refractivity contribution in [3.8, 4) is 0 Å². The van der Waals surface area contributed by atoms with Gasteiger partial charge < -0.3 is 5.32 Å². The number of nitrogens with zero attached hydrogens (tertiary/aromatic N) is 4. The Kier molecular flexibility index (Phi) is 3.76. The van der Waals surface area contributed by atoms with Gasteiger partial charge in [-0.05, 0) is 42.7 Å². The second-order valence-corrected chi connectivity index (χ2v) is 5.33. The SMILES string of the molecule is CNC(C)c1nnnn1C1CCCC(C)C1C. The van der Waals surface area contributed by atoms with Crippen LogP contribution in [-0.2, 0) is 0 Å². The fourth-order valence-corrected chi connectivity index (χ4v) is 2.75. The molecule has 96 valence electrons. The van der Waals surface area contributed by atoms with Crippen molar-refractivity contribution in [1.82, 2.24) is 25.5 Å². The molecule has 0 bridgehead atoms. The first-order valence-corrected chi connectivity index (χ1v) is 6.60. The molecule has 1 aromatic rings. The van der Waals surface area contributed by atoms with Gasteiger partial charge in [-0.1, -0.05) is 26.7 Å². The van der Waals surface area contributed by atoms with Gasteiger partial charge in [0.05, 0.1) is 12.1 Å². The molecule has 1 saturated carbocycles. The lowest BCUT2D eigenvalue weighted by atomic mass is 9.78. The summed E-state index contributed by atoms with van der Waals surface area (Å²) in [6.45, 7) is 6.76. The van der Waals surface area contributed by atoms with E-state index in [1.165, 1.54) is 19.3 Å². The Morgan fingerprint density at radius 1 is 1.35 bits per heavy atom. The third-order valence-electron chi connectivity index (χ3n) is 4.32. The molecule has 1 aliphatic carbocycles. The summed E-state index contributed by atoms with van der Waals surface area (Å²) in [5.41, 5.74) is 0. The zero-order valence-corrected chi connectivity index (χ0v) is 11.2. The molecule has 2 rings (SSSR count). The molecule has 0 saturated heterocycles. The Labute approximate surface area is 103 Å². The Bertz CT molecular complexity index is 362. The number of hydrogen-bond acceptors (Lipinski definition) is 4. The maximum atomic E-state index is 4.21. The predicted octanol–water partition coefficient (Wildman–Crippen LogP) is 1.95. The minimum atomic E-state index is 0.203. The third kappa shape index (κ3) is 2.34. The molecule has 17 heavy (non-hydrogen) atoms. The van der Waals surface area contributed by atoms with Gasteiger partial charge in [0.2, 0.25) is 0 Å². The van der Waals surface area contributed by atoms with Gasteiger partial charge in [-0.15, -0.1) is 5.10 Å². The average molecular weight is 237 g/mol. The van der Waals surface area contributed by atoms with Crippen LogP contribution in [-0.4, -0.2) is 27.3 Å². The summed E-state index contributed by atoms with van der Waals surface area (Å²) in [6, 6.07) is 0.661. The monoisotopic (exact) mass is 237 g/mol. The van der Waals surface area contributed by atoms with Crippen LogP contribution >= 0.6 is 0 Å². The highest BCUT2D eigenvalue weighted by Crippen LogP contribution is 2.37. The van der Waals surface area contributed by atoms with Gasteiger partial charge >= 0.3 is 0 Å². The van der Waals surface area contributed by atoms with Gasteiger partial charge in [-0.25, -0.2) is 4.68 Å². The first kappa shape index (κ1) is 12.5. The summed E-state index contributed by atoms with van der Waals surface area (Å²) in [5.74, 6) is 2.36. The van der Waals surface area contributed by atoms with Crippen molar-refractivity contribution < 1.29 is 0 Å². The van der Waals surface area contributed by atoms with E-state index in [4.69, 9.17) is 0 Å². The van der Waals surface area contributed by atoms with Crippen molar-refractivity contribution in [2.45, 2.75) is 52.1 Å². The van der Waals surface area contributed by atoms with E-state index in [1.54, 1.807) is 0 Å². The summed E-state index contributed by atoms with van der Waals surface area (Å²) in [7, 11) is 1.94. The molecular weight excluding hydrogens is 214 g/mol. The molecule has 0 amide bonds. The molecule has 4 unspecified atom stereocenters.